The Morgan fingerprint density at radius 3 is 2.65 bits per heavy atom. The second-order valence-corrected chi connectivity index (χ2v) is 4.53. The van der Waals surface area contributed by atoms with Crippen molar-refractivity contribution in [1.29, 1.82) is 0 Å². The van der Waals surface area contributed by atoms with E-state index in [9.17, 15) is 18.0 Å². The smallest absolute Gasteiger partial charge is 0.416 e. The topological polar surface area (TPSA) is 38.3 Å². The zero-order valence-electron chi connectivity index (χ0n) is 10.9. The lowest BCUT2D eigenvalue weighted by atomic mass is 10.2. The molecule has 0 aliphatic carbocycles. The number of benzene rings is 1. The number of halogens is 4. The molecule has 7 heteroatoms. The third-order valence-corrected chi connectivity index (χ3v) is 2.79. The molecule has 0 aromatic heterocycles. The number of unbranched alkanes of at least 4 members (excludes halogenated alkanes) is 1. The molecule has 0 bridgehead atoms. The standard InChI is InChI=1S/C13H15ClF3NO2/c1-2-3-6-20-12(19)8-18-11-5-4-9(7-10(11)14)13(15,16)17/h4-5,7,18H,2-3,6,8H2,1H3. The third kappa shape index (κ3) is 5.28. The molecule has 0 heterocycles. The molecule has 0 unspecified atom stereocenters. The summed E-state index contributed by atoms with van der Waals surface area (Å²) in [6, 6.07) is 2.90. The van der Waals surface area contributed by atoms with Crippen LogP contribution in [-0.4, -0.2) is 19.1 Å². The van der Waals surface area contributed by atoms with Crippen LogP contribution in [0.15, 0.2) is 18.2 Å². The van der Waals surface area contributed by atoms with Crippen molar-refractivity contribution in [1.82, 2.24) is 0 Å². The van der Waals surface area contributed by atoms with Gasteiger partial charge >= 0.3 is 12.1 Å². The van der Waals surface area contributed by atoms with Gasteiger partial charge in [0.05, 0.1) is 22.9 Å². The van der Waals surface area contributed by atoms with Gasteiger partial charge in [-0.3, -0.25) is 4.79 Å². The third-order valence-electron chi connectivity index (χ3n) is 2.48. The summed E-state index contributed by atoms with van der Waals surface area (Å²) in [6.45, 7) is 2.15. The van der Waals surface area contributed by atoms with E-state index >= 15 is 0 Å². The number of ether oxygens (including phenoxy) is 1. The molecule has 0 spiro atoms. The normalized spacial score (nSPS) is 11.2. The van der Waals surface area contributed by atoms with E-state index in [1.54, 1.807) is 0 Å². The number of nitrogens with one attached hydrogen (secondary N) is 1. The molecule has 0 aliphatic rings. The zero-order chi connectivity index (χ0) is 15.2. The maximum atomic E-state index is 12.4. The van der Waals surface area contributed by atoms with Gasteiger partial charge in [0.2, 0.25) is 0 Å². The summed E-state index contributed by atoms with van der Waals surface area (Å²) in [7, 11) is 0. The van der Waals surface area contributed by atoms with Crippen molar-refractivity contribution in [2.24, 2.45) is 0 Å². The molecule has 1 aromatic carbocycles. The quantitative estimate of drug-likeness (QED) is 0.634. The first kappa shape index (κ1) is 16.6. The number of esters is 1. The Morgan fingerprint density at radius 1 is 1.40 bits per heavy atom. The lowest BCUT2D eigenvalue weighted by Crippen LogP contribution is -2.17. The Kier molecular flexibility index (Phi) is 6.13. The van der Waals surface area contributed by atoms with E-state index in [1.807, 2.05) is 6.92 Å². The van der Waals surface area contributed by atoms with E-state index in [1.165, 1.54) is 6.07 Å². The van der Waals surface area contributed by atoms with Crippen LogP contribution in [0.2, 0.25) is 5.02 Å². The number of carbonyl (C=O) groups excluding carboxylic acids is 1. The van der Waals surface area contributed by atoms with E-state index in [4.69, 9.17) is 16.3 Å². The molecule has 0 fully saturated rings. The van der Waals surface area contributed by atoms with Crippen LogP contribution in [0, 0.1) is 0 Å². The van der Waals surface area contributed by atoms with Gasteiger partial charge in [-0.1, -0.05) is 24.9 Å². The fraction of sp³-hybridized carbons (Fsp3) is 0.462. The Balaban J connectivity index is 2.55. The van der Waals surface area contributed by atoms with Crippen molar-refractivity contribution in [2.75, 3.05) is 18.5 Å². The highest BCUT2D eigenvalue weighted by atomic mass is 35.5. The van der Waals surface area contributed by atoms with Gasteiger partial charge in [0.1, 0.15) is 6.54 Å². The number of rotatable bonds is 6. The number of carbonyl (C=O) groups is 1. The molecule has 0 aliphatic heterocycles. The first-order chi connectivity index (χ1) is 9.34. The van der Waals surface area contributed by atoms with Crippen molar-refractivity contribution in [3.05, 3.63) is 28.8 Å². The molecule has 20 heavy (non-hydrogen) atoms. The summed E-state index contributed by atoms with van der Waals surface area (Å²) in [5, 5.41) is 2.55. The highest BCUT2D eigenvalue weighted by Gasteiger charge is 2.30. The Morgan fingerprint density at radius 2 is 2.10 bits per heavy atom. The number of anilines is 1. The number of hydrogen-bond acceptors (Lipinski definition) is 3. The Bertz CT molecular complexity index is 463. The number of alkyl halides is 3. The van der Waals surface area contributed by atoms with E-state index in [0.717, 1.165) is 25.0 Å². The van der Waals surface area contributed by atoms with E-state index in [-0.39, 0.29) is 17.3 Å². The summed E-state index contributed by atoms with van der Waals surface area (Å²) in [5.41, 5.74) is -0.578. The summed E-state index contributed by atoms with van der Waals surface area (Å²) >= 11 is 5.73. The molecule has 0 radical (unpaired) electrons. The van der Waals surface area contributed by atoms with Gasteiger partial charge < -0.3 is 10.1 Å². The van der Waals surface area contributed by atoms with Gasteiger partial charge in [-0.05, 0) is 24.6 Å². The van der Waals surface area contributed by atoms with E-state index in [2.05, 4.69) is 5.32 Å². The van der Waals surface area contributed by atoms with Gasteiger partial charge in [-0.25, -0.2) is 0 Å². The summed E-state index contributed by atoms with van der Waals surface area (Å²) in [5.74, 6) is -0.477. The Hall–Kier alpha value is -1.43. The monoisotopic (exact) mass is 309 g/mol. The first-order valence-corrected chi connectivity index (χ1v) is 6.48. The van der Waals surface area contributed by atoms with E-state index < -0.39 is 17.7 Å². The molecular weight excluding hydrogens is 295 g/mol. The SMILES string of the molecule is CCCCOC(=O)CNc1ccc(C(F)(F)F)cc1Cl. The van der Waals surface area contributed by atoms with Crippen molar-refractivity contribution in [3.63, 3.8) is 0 Å². The summed E-state index contributed by atoms with van der Waals surface area (Å²) < 4.78 is 42.2. The average Bonchev–Trinajstić information content (AvgIpc) is 2.36. The maximum Gasteiger partial charge on any atom is 0.416 e. The molecule has 3 nitrogen and oxygen atoms in total. The summed E-state index contributed by atoms with van der Waals surface area (Å²) in [4.78, 5) is 11.3. The predicted molar refractivity (Wildman–Crippen MR) is 70.8 cm³/mol. The Labute approximate surface area is 120 Å². The zero-order valence-corrected chi connectivity index (χ0v) is 11.6. The second kappa shape index (κ2) is 7.38. The van der Waals surface area contributed by atoms with Crippen molar-refractivity contribution < 1.29 is 22.7 Å². The van der Waals surface area contributed by atoms with Crippen LogP contribution in [0.3, 0.4) is 0 Å². The van der Waals surface area contributed by atoms with Gasteiger partial charge in [0, 0.05) is 0 Å². The van der Waals surface area contributed by atoms with Crippen LogP contribution < -0.4 is 5.32 Å². The highest BCUT2D eigenvalue weighted by molar-refractivity contribution is 6.33. The van der Waals surface area contributed by atoms with Crippen LogP contribution in [0.25, 0.3) is 0 Å². The van der Waals surface area contributed by atoms with Crippen LogP contribution in [0.5, 0.6) is 0 Å². The fourth-order valence-electron chi connectivity index (χ4n) is 1.38. The first-order valence-electron chi connectivity index (χ1n) is 6.11. The molecule has 0 atom stereocenters. The van der Waals surface area contributed by atoms with Crippen molar-refractivity contribution in [3.8, 4) is 0 Å². The summed E-state index contributed by atoms with van der Waals surface area (Å²) in [6.07, 6.45) is -2.76. The molecule has 0 saturated heterocycles. The lowest BCUT2D eigenvalue weighted by molar-refractivity contribution is -0.141. The van der Waals surface area contributed by atoms with E-state index in [0.29, 0.717) is 6.61 Å². The highest BCUT2D eigenvalue weighted by Crippen LogP contribution is 2.33. The molecule has 1 N–H and O–H groups in total. The van der Waals surface area contributed by atoms with Gasteiger partial charge in [-0.2, -0.15) is 13.2 Å². The minimum Gasteiger partial charge on any atom is -0.464 e. The molecular formula is C13H15ClF3NO2. The molecule has 112 valence electrons. The van der Waals surface area contributed by atoms with Gasteiger partial charge in [0.15, 0.2) is 0 Å². The van der Waals surface area contributed by atoms with Gasteiger partial charge in [-0.15, -0.1) is 0 Å². The largest absolute Gasteiger partial charge is 0.464 e. The van der Waals surface area contributed by atoms with Crippen LogP contribution >= 0.6 is 11.6 Å². The average molecular weight is 310 g/mol. The minimum atomic E-state index is -4.44. The fourth-order valence-corrected chi connectivity index (χ4v) is 1.63. The molecule has 1 aromatic rings. The predicted octanol–water partition coefficient (Wildman–Crippen LogP) is 4.11. The van der Waals surface area contributed by atoms with Gasteiger partial charge in [0.25, 0.3) is 0 Å². The van der Waals surface area contributed by atoms with Crippen LogP contribution in [0.1, 0.15) is 25.3 Å². The second-order valence-electron chi connectivity index (χ2n) is 4.12. The lowest BCUT2D eigenvalue weighted by Gasteiger charge is -2.11. The van der Waals surface area contributed by atoms with Crippen LogP contribution in [-0.2, 0) is 15.7 Å². The van der Waals surface area contributed by atoms with Crippen molar-refractivity contribution in [2.45, 2.75) is 25.9 Å². The maximum absolute atomic E-state index is 12.4. The van der Waals surface area contributed by atoms with Crippen molar-refractivity contribution >= 4 is 23.3 Å². The molecule has 0 saturated carbocycles. The number of hydrogen-bond donors (Lipinski definition) is 1. The molecule has 1 rings (SSSR count). The molecule has 0 amide bonds. The van der Waals surface area contributed by atoms with Crippen LogP contribution in [0.4, 0.5) is 18.9 Å². The minimum absolute atomic E-state index is 0.0961.